The van der Waals surface area contributed by atoms with Crippen LogP contribution in [0.25, 0.3) is 0 Å². The number of carbonyl (C=O) groups excluding carboxylic acids is 5. The summed E-state index contributed by atoms with van der Waals surface area (Å²) in [6, 6.07) is 14.4. The van der Waals surface area contributed by atoms with E-state index in [-0.39, 0.29) is 11.1 Å². The SMILES string of the molecule is O=C(COC(=O)CN1C(=O)c2ccccc2C1=O)NNC(=O)c1ccccc1. The molecule has 0 aliphatic carbocycles. The fraction of sp³-hybridized carbons (Fsp3) is 0.105. The van der Waals surface area contributed by atoms with Gasteiger partial charge in [-0.3, -0.25) is 39.7 Å². The summed E-state index contributed by atoms with van der Waals surface area (Å²) in [4.78, 5) is 60.4. The molecule has 0 saturated heterocycles. The van der Waals surface area contributed by atoms with E-state index in [1.165, 1.54) is 12.1 Å². The second-order valence-electron chi connectivity index (χ2n) is 5.77. The van der Waals surface area contributed by atoms with Crippen molar-refractivity contribution in [2.24, 2.45) is 0 Å². The van der Waals surface area contributed by atoms with Crippen molar-refractivity contribution in [3.8, 4) is 0 Å². The Morgan fingerprint density at radius 2 is 1.39 bits per heavy atom. The van der Waals surface area contributed by atoms with Gasteiger partial charge in [0.05, 0.1) is 11.1 Å². The van der Waals surface area contributed by atoms with Gasteiger partial charge in [-0.1, -0.05) is 30.3 Å². The second-order valence-corrected chi connectivity index (χ2v) is 5.77. The van der Waals surface area contributed by atoms with Crippen molar-refractivity contribution < 1.29 is 28.7 Å². The number of hydrogen-bond donors (Lipinski definition) is 2. The maximum atomic E-state index is 12.2. The van der Waals surface area contributed by atoms with E-state index in [1.807, 2.05) is 0 Å². The van der Waals surface area contributed by atoms with Crippen LogP contribution in [-0.2, 0) is 14.3 Å². The van der Waals surface area contributed by atoms with E-state index in [0.717, 1.165) is 4.90 Å². The van der Waals surface area contributed by atoms with Crippen molar-refractivity contribution in [3.05, 3.63) is 71.3 Å². The molecule has 1 heterocycles. The Balaban J connectivity index is 1.45. The summed E-state index contributed by atoms with van der Waals surface area (Å²) in [7, 11) is 0. The van der Waals surface area contributed by atoms with Gasteiger partial charge >= 0.3 is 5.97 Å². The van der Waals surface area contributed by atoms with Gasteiger partial charge < -0.3 is 4.74 Å². The number of esters is 1. The maximum Gasteiger partial charge on any atom is 0.326 e. The molecule has 0 bridgehead atoms. The largest absolute Gasteiger partial charge is 0.454 e. The van der Waals surface area contributed by atoms with Gasteiger partial charge in [-0.2, -0.15) is 0 Å². The first-order chi connectivity index (χ1) is 13.5. The Kier molecular flexibility index (Phi) is 5.45. The lowest BCUT2D eigenvalue weighted by Gasteiger charge is -2.13. The van der Waals surface area contributed by atoms with Gasteiger partial charge in [0.2, 0.25) is 0 Å². The molecule has 0 spiro atoms. The average molecular weight is 381 g/mol. The predicted octanol–water partition coefficient (Wildman–Crippen LogP) is 0.287. The lowest BCUT2D eigenvalue weighted by Crippen LogP contribution is -2.44. The van der Waals surface area contributed by atoms with Crippen LogP contribution in [0, 0.1) is 0 Å². The fourth-order valence-corrected chi connectivity index (χ4v) is 2.53. The van der Waals surface area contributed by atoms with Gasteiger partial charge in [-0.15, -0.1) is 0 Å². The molecular weight excluding hydrogens is 366 g/mol. The van der Waals surface area contributed by atoms with Crippen LogP contribution in [0.1, 0.15) is 31.1 Å². The minimum absolute atomic E-state index is 0.210. The molecule has 0 aromatic heterocycles. The first kappa shape index (κ1) is 18.8. The van der Waals surface area contributed by atoms with Crippen molar-refractivity contribution in [1.29, 1.82) is 0 Å². The quantitative estimate of drug-likeness (QED) is 0.436. The van der Waals surface area contributed by atoms with Crippen LogP contribution >= 0.6 is 0 Å². The zero-order valence-electron chi connectivity index (χ0n) is 14.5. The number of ether oxygens (including phenoxy) is 1. The number of benzene rings is 2. The van der Waals surface area contributed by atoms with E-state index in [4.69, 9.17) is 4.74 Å². The van der Waals surface area contributed by atoms with E-state index in [0.29, 0.717) is 5.56 Å². The van der Waals surface area contributed by atoms with E-state index in [9.17, 15) is 24.0 Å². The smallest absolute Gasteiger partial charge is 0.326 e. The standard InChI is InChI=1S/C19H15N3O6/c23-15(20-21-17(25)12-6-2-1-3-7-12)11-28-16(24)10-22-18(26)13-8-4-5-9-14(13)19(22)27/h1-9H,10-11H2,(H,20,23)(H,21,25). The molecule has 0 fully saturated rings. The number of imide groups is 1. The maximum absolute atomic E-state index is 12.2. The number of carbonyl (C=O) groups is 5. The van der Waals surface area contributed by atoms with Crippen molar-refractivity contribution in [3.63, 3.8) is 0 Å². The zero-order valence-corrected chi connectivity index (χ0v) is 14.5. The van der Waals surface area contributed by atoms with E-state index in [1.54, 1.807) is 42.5 Å². The Labute approximate surface area is 159 Å². The van der Waals surface area contributed by atoms with E-state index < -0.39 is 42.7 Å². The number of hydrazine groups is 1. The number of fused-ring (bicyclic) bond motifs is 1. The highest BCUT2D eigenvalue weighted by atomic mass is 16.5. The van der Waals surface area contributed by atoms with Crippen LogP contribution in [-0.4, -0.2) is 47.6 Å². The summed E-state index contributed by atoms with van der Waals surface area (Å²) in [6.45, 7) is -1.30. The molecule has 1 aliphatic heterocycles. The van der Waals surface area contributed by atoms with Crippen molar-refractivity contribution >= 4 is 29.6 Å². The molecule has 0 atom stereocenters. The molecule has 3 rings (SSSR count). The summed E-state index contributed by atoms with van der Waals surface area (Å²) in [6.07, 6.45) is 0. The number of nitrogens with one attached hydrogen (secondary N) is 2. The molecule has 9 nitrogen and oxygen atoms in total. The fourth-order valence-electron chi connectivity index (χ4n) is 2.53. The van der Waals surface area contributed by atoms with Crippen LogP contribution in [0.5, 0.6) is 0 Å². The molecule has 1 aliphatic rings. The molecule has 2 N–H and O–H groups in total. The second kappa shape index (κ2) is 8.12. The first-order valence-electron chi connectivity index (χ1n) is 8.22. The van der Waals surface area contributed by atoms with Gasteiger partial charge in [-0.05, 0) is 24.3 Å². The number of rotatable bonds is 5. The molecule has 4 amide bonds. The van der Waals surface area contributed by atoms with Gasteiger partial charge in [0.15, 0.2) is 6.61 Å². The Morgan fingerprint density at radius 1 is 0.821 bits per heavy atom. The van der Waals surface area contributed by atoms with E-state index in [2.05, 4.69) is 10.9 Å². The van der Waals surface area contributed by atoms with Gasteiger partial charge in [0.1, 0.15) is 6.54 Å². The van der Waals surface area contributed by atoms with Gasteiger partial charge in [-0.25, -0.2) is 0 Å². The van der Waals surface area contributed by atoms with Gasteiger partial charge in [0.25, 0.3) is 23.6 Å². The highest BCUT2D eigenvalue weighted by Gasteiger charge is 2.36. The third-order valence-corrected chi connectivity index (χ3v) is 3.88. The Bertz CT molecular complexity index is 922. The van der Waals surface area contributed by atoms with Crippen LogP contribution in [0.3, 0.4) is 0 Å². The number of amides is 4. The zero-order chi connectivity index (χ0) is 20.1. The number of nitrogens with zero attached hydrogens (tertiary/aromatic N) is 1. The third-order valence-electron chi connectivity index (χ3n) is 3.88. The summed E-state index contributed by atoms with van der Waals surface area (Å²) in [5, 5.41) is 0. The predicted molar refractivity (Wildman–Crippen MR) is 94.8 cm³/mol. The molecule has 2 aromatic carbocycles. The average Bonchev–Trinajstić information content (AvgIpc) is 2.96. The monoisotopic (exact) mass is 381 g/mol. The van der Waals surface area contributed by atoms with Crippen LogP contribution in [0.4, 0.5) is 0 Å². The van der Waals surface area contributed by atoms with Crippen molar-refractivity contribution in [1.82, 2.24) is 15.8 Å². The minimum atomic E-state index is -0.931. The van der Waals surface area contributed by atoms with Crippen LogP contribution in [0.2, 0.25) is 0 Å². The highest BCUT2D eigenvalue weighted by Crippen LogP contribution is 2.21. The number of hydrogen-bond acceptors (Lipinski definition) is 6. The molecule has 2 aromatic rings. The molecule has 142 valence electrons. The lowest BCUT2D eigenvalue weighted by atomic mass is 10.1. The molecule has 9 heteroatoms. The highest BCUT2D eigenvalue weighted by molar-refractivity contribution is 6.22. The molecule has 28 heavy (non-hydrogen) atoms. The van der Waals surface area contributed by atoms with E-state index >= 15 is 0 Å². The molecule has 0 unspecified atom stereocenters. The van der Waals surface area contributed by atoms with Crippen molar-refractivity contribution in [2.45, 2.75) is 0 Å². The Morgan fingerprint density at radius 3 is 2.00 bits per heavy atom. The molecular formula is C19H15N3O6. The minimum Gasteiger partial charge on any atom is -0.454 e. The molecule has 0 saturated carbocycles. The third kappa shape index (κ3) is 4.04. The summed E-state index contributed by atoms with van der Waals surface area (Å²) >= 11 is 0. The van der Waals surface area contributed by atoms with Gasteiger partial charge in [0, 0.05) is 5.56 Å². The van der Waals surface area contributed by atoms with Crippen LogP contribution in [0.15, 0.2) is 54.6 Å². The first-order valence-corrected chi connectivity index (χ1v) is 8.22. The lowest BCUT2D eigenvalue weighted by molar-refractivity contribution is -0.148. The summed E-state index contributed by atoms with van der Waals surface area (Å²) in [5.74, 6) is -3.44. The molecule has 0 radical (unpaired) electrons. The summed E-state index contributed by atoms with van der Waals surface area (Å²) < 4.78 is 4.75. The van der Waals surface area contributed by atoms with Crippen molar-refractivity contribution in [2.75, 3.05) is 13.2 Å². The van der Waals surface area contributed by atoms with Crippen LogP contribution < -0.4 is 10.9 Å². The summed E-state index contributed by atoms with van der Waals surface area (Å²) in [5.41, 5.74) is 5.03. The topological polar surface area (TPSA) is 122 Å². The Hall–Kier alpha value is -4.01. The normalized spacial score (nSPS) is 12.4.